The first-order valence-corrected chi connectivity index (χ1v) is 9.23. The third-order valence-electron chi connectivity index (χ3n) is 3.66. The van der Waals surface area contributed by atoms with Crippen LogP contribution in [0.15, 0.2) is 24.3 Å². The number of benzene rings is 1. The van der Waals surface area contributed by atoms with E-state index in [1.165, 1.54) is 0 Å². The van der Waals surface area contributed by atoms with Crippen LogP contribution in [0.1, 0.15) is 32.4 Å². The number of hydrogen-bond donors (Lipinski definition) is 2. The molecule has 0 saturated carbocycles. The van der Waals surface area contributed by atoms with Crippen molar-refractivity contribution in [3.63, 3.8) is 0 Å². The predicted molar refractivity (Wildman–Crippen MR) is 78.3 cm³/mol. The van der Waals surface area contributed by atoms with Gasteiger partial charge in [-0.2, -0.15) is 0 Å². The Bertz CT molecular complexity index is 399. The van der Waals surface area contributed by atoms with E-state index in [1.807, 2.05) is 24.3 Å². The number of nitrogens with two attached hydrogens (primary N) is 1. The second-order valence-corrected chi connectivity index (χ2v) is 10.9. The molecular weight excluding hydrogens is 242 g/mol. The lowest BCUT2D eigenvalue weighted by atomic mass is 10.1. The molecule has 0 unspecified atom stereocenters. The summed E-state index contributed by atoms with van der Waals surface area (Å²) in [5.41, 5.74) is 6.73. The fraction of sp³-hybridized carbons (Fsp3) is 0.571. The maximum Gasteiger partial charge on any atom is 0.250 e. The summed E-state index contributed by atoms with van der Waals surface area (Å²) in [5, 5.41) is 9.25. The Morgan fingerprint density at radius 1 is 1.33 bits per heavy atom. The molecule has 0 heterocycles. The molecule has 1 aromatic carbocycles. The minimum atomic E-state index is -1.82. The maximum absolute atomic E-state index is 9.08. The molecule has 1 aromatic rings. The number of hydrogen-bond acceptors (Lipinski definition) is 3. The quantitative estimate of drug-likeness (QED) is 0.824. The molecule has 102 valence electrons. The second kappa shape index (κ2) is 5.43. The van der Waals surface area contributed by atoms with Crippen molar-refractivity contribution in [3.05, 3.63) is 29.8 Å². The van der Waals surface area contributed by atoms with Crippen LogP contribution in [0.25, 0.3) is 0 Å². The Labute approximate surface area is 111 Å². The van der Waals surface area contributed by atoms with Crippen molar-refractivity contribution in [3.8, 4) is 5.75 Å². The van der Waals surface area contributed by atoms with Crippen LogP contribution in [0.4, 0.5) is 0 Å². The summed E-state index contributed by atoms with van der Waals surface area (Å²) in [5.74, 6) is 0.850. The SMILES string of the molecule is CC(C)(C)[Si](C)(C)Oc1cccc([C@H](N)CO)c1. The summed E-state index contributed by atoms with van der Waals surface area (Å²) < 4.78 is 6.20. The molecule has 0 aliphatic rings. The molecule has 18 heavy (non-hydrogen) atoms. The van der Waals surface area contributed by atoms with E-state index in [1.54, 1.807) is 0 Å². The summed E-state index contributed by atoms with van der Waals surface area (Å²) >= 11 is 0. The largest absolute Gasteiger partial charge is 0.543 e. The van der Waals surface area contributed by atoms with Crippen LogP contribution >= 0.6 is 0 Å². The van der Waals surface area contributed by atoms with Gasteiger partial charge < -0.3 is 15.3 Å². The first-order chi connectivity index (χ1) is 8.17. The molecule has 0 radical (unpaired) electrons. The topological polar surface area (TPSA) is 55.5 Å². The van der Waals surface area contributed by atoms with Crippen molar-refractivity contribution in [1.82, 2.24) is 0 Å². The predicted octanol–water partition coefficient (Wildman–Crippen LogP) is 3.06. The minimum absolute atomic E-state index is 0.0520. The van der Waals surface area contributed by atoms with Gasteiger partial charge in [0.15, 0.2) is 0 Å². The van der Waals surface area contributed by atoms with E-state index in [0.717, 1.165) is 11.3 Å². The summed E-state index contributed by atoms with van der Waals surface area (Å²) in [7, 11) is -1.82. The summed E-state index contributed by atoms with van der Waals surface area (Å²) in [6.45, 7) is 11.0. The normalized spacial score (nSPS) is 14.4. The highest BCUT2D eigenvalue weighted by atomic mass is 28.4. The van der Waals surface area contributed by atoms with Gasteiger partial charge in [0.25, 0.3) is 0 Å². The van der Waals surface area contributed by atoms with E-state index in [0.29, 0.717) is 0 Å². The van der Waals surface area contributed by atoms with E-state index in [2.05, 4.69) is 33.9 Å². The van der Waals surface area contributed by atoms with Crippen LogP contribution in [0, 0.1) is 0 Å². The van der Waals surface area contributed by atoms with Gasteiger partial charge in [-0.1, -0.05) is 32.9 Å². The molecule has 0 aliphatic carbocycles. The molecule has 0 aliphatic heterocycles. The molecule has 1 atom stereocenters. The Hall–Kier alpha value is -0.843. The van der Waals surface area contributed by atoms with E-state index >= 15 is 0 Å². The molecule has 0 saturated heterocycles. The van der Waals surface area contributed by atoms with Crippen LogP contribution in [-0.2, 0) is 0 Å². The van der Waals surface area contributed by atoms with Gasteiger partial charge in [-0.25, -0.2) is 0 Å². The Morgan fingerprint density at radius 2 is 1.94 bits per heavy atom. The Kier molecular flexibility index (Phi) is 4.59. The van der Waals surface area contributed by atoms with Gasteiger partial charge in [-0.15, -0.1) is 0 Å². The highest BCUT2D eigenvalue weighted by Crippen LogP contribution is 2.37. The van der Waals surface area contributed by atoms with Gasteiger partial charge in [0.05, 0.1) is 12.6 Å². The third-order valence-corrected chi connectivity index (χ3v) is 8.02. The number of aliphatic hydroxyl groups excluding tert-OH is 1. The highest BCUT2D eigenvalue weighted by Gasteiger charge is 2.38. The zero-order chi connectivity index (χ0) is 14.0. The van der Waals surface area contributed by atoms with Crippen LogP contribution in [0.5, 0.6) is 5.75 Å². The molecule has 0 fully saturated rings. The average molecular weight is 267 g/mol. The fourth-order valence-electron chi connectivity index (χ4n) is 1.36. The first kappa shape index (κ1) is 15.2. The van der Waals surface area contributed by atoms with Crippen LogP contribution < -0.4 is 10.2 Å². The smallest absolute Gasteiger partial charge is 0.250 e. The first-order valence-electron chi connectivity index (χ1n) is 6.33. The van der Waals surface area contributed by atoms with Crippen molar-refractivity contribution >= 4 is 8.32 Å². The maximum atomic E-state index is 9.08. The molecule has 0 amide bonds. The second-order valence-electron chi connectivity index (χ2n) is 6.22. The Balaban J connectivity index is 2.92. The Morgan fingerprint density at radius 3 is 2.44 bits per heavy atom. The standard InChI is InChI=1S/C14H25NO2Si/c1-14(2,3)18(4,5)17-12-8-6-7-11(9-12)13(15)10-16/h6-9,13,16H,10,15H2,1-5H3/t13-/m1/s1. The van der Waals surface area contributed by atoms with E-state index in [-0.39, 0.29) is 17.7 Å². The molecule has 0 bridgehead atoms. The van der Waals surface area contributed by atoms with Crippen molar-refractivity contribution < 1.29 is 9.53 Å². The van der Waals surface area contributed by atoms with E-state index < -0.39 is 8.32 Å². The van der Waals surface area contributed by atoms with Crippen molar-refractivity contribution in [2.75, 3.05) is 6.61 Å². The lowest BCUT2D eigenvalue weighted by Crippen LogP contribution is -2.43. The lowest BCUT2D eigenvalue weighted by molar-refractivity contribution is 0.268. The highest BCUT2D eigenvalue weighted by molar-refractivity contribution is 6.74. The zero-order valence-corrected chi connectivity index (χ0v) is 13.0. The van der Waals surface area contributed by atoms with Crippen molar-refractivity contribution in [1.29, 1.82) is 0 Å². The van der Waals surface area contributed by atoms with Crippen molar-refractivity contribution in [2.45, 2.75) is 44.9 Å². The van der Waals surface area contributed by atoms with Crippen LogP contribution in [-0.4, -0.2) is 20.0 Å². The summed E-state index contributed by atoms with van der Waals surface area (Å²) in [4.78, 5) is 0. The number of rotatable bonds is 4. The monoisotopic (exact) mass is 267 g/mol. The number of aliphatic hydroxyl groups is 1. The third kappa shape index (κ3) is 3.57. The van der Waals surface area contributed by atoms with Gasteiger partial charge in [0.2, 0.25) is 8.32 Å². The van der Waals surface area contributed by atoms with E-state index in [9.17, 15) is 0 Å². The lowest BCUT2D eigenvalue weighted by Gasteiger charge is -2.36. The molecule has 0 aromatic heterocycles. The minimum Gasteiger partial charge on any atom is -0.543 e. The molecule has 3 nitrogen and oxygen atoms in total. The van der Waals surface area contributed by atoms with Crippen LogP contribution in [0.2, 0.25) is 18.1 Å². The molecule has 1 rings (SSSR count). The molecule has 0 spiro atoms. The van der Waals surface area contributed by atoms with E-state index in [4.69, 9.17) is 15.3 Å². The van der Waals surface area contributed by atoms with Crippen molar-refractivity contribution in [2.24, 2.45) is 5.73 Å². The van der Waals surface area contributed by atoms with Gasteiger partial charge in [0, 0.05) is 0 Å². The summed E-state index contributed by atoms with van der Waals surface area (Å²) in [6.07, 6.45) is 0. The average Bonchev–Trinajstić information content (AvgIpc) is 2.26. The zero-order valence-electron chi connectivity index (χ0n) is 12.0. The van der Waals surface area contributed by atoms with Gasteiger partial charge in [0.1, 0.15) is 5.75 Å². The van der Waals surface area contributed by atoms with Gasteiger partial charge >= 0.3 is 0 Å². The summed E-state index contributed by atoms with van der Waals surface area (Å²) in [6, 6.07) is 7.38. The molecule has 4 heteroatoms. The molecule has 3 N–H and O–H groups in total. The van der Waals surface area contributed by atoms with Gasteiger partial charge in [-0.05, 0) is 35.8 Å². The van der Waals surface area contributed by atoms with Gasteiger partial charge in [-0.3, -0.25) is 0 Å². The molecular formula is C14H25NO2Si. The fourth-order valence-corrected chi connectivity index (χ4v) is 2.38. The van der Waals surface area contributed by atoms with Crippen LogP contribution in [0.3, 0.4) is 0 Å².